The van der Waals surface area contributed by atoms with Crippen LogP contribution in [0.4, 0.5) is 0 Å². The summed E-state index contributed by atoms with van der Waals surface area (Å²) in [5.41, 5.74) is -0.789. The lowest BCUT2D eigenvalue weighted by Gasteiger charge is -2.44. The van der Waals surface area contributed by atoms with Gasteiger partial charge in [0, 0.05) is 6.54 Å². The number of hydrogen-bond acceptors (Lipinski definition) is 3. The Bertz CT molecular complexity index is 382. The first-order chi connectivity index (χ1) is 9.71. The van der Waals surface area contributed by atoms with Gasteiger partial charge in [-0.25, -0.2) is 0 Å². The summed E-state index contributed by atoms with van der Waals surface area (Å²) >= 11 is 0. The lowest BCUT2D eigenvalue weighted by molar-refractivity contribution is -0.156. The van der Waals surface area contributed by atoms with Gasteiger partial charge in [-0.15, -0.1) is 0 Å². The van der Waals surface area contributed by atoms with Crippen molar-refractivity contribution in [3.8, 4) is 0 Å². The zero-order valence-corrected chi connectivity index (χ0v) is 14.2. The minimum atomic E-state index is -0.789. The van der Waals surface area contributed by atoms with Crippen LogP contribution in [-0.2, 0) is 14.3 Å². The second-order valence-corrected chi connectivity index (χ2v) is 6.74. The summed E-state index contributed by atoms with van der Waals surface area (Å²) < 4.78 is 5.56. The molecular weight excluding hydrogens is 268 g/mol. The Balaban J connectivity index is 2.89. The smallest absolute Gasteiger partial charge is 0.248 e. The molecule has 0 aromatic rings. The molecule has 5 nitrogen and oxygen atoms in total. The Labute approximate surface area is 128 Å². The Morgan fingerprint density at radius 2 is 1.90 bits per heavy atom. The van der Waals surface area contributed by atoms with Crippen molar-refractivity contribution in [2.45, 2.75) is 72.1 Å². The van der Waals surface area contributed by atoms with E-state index in [1.165, 1.54) is 0 Å². The fraction of sp³-hybridized carbons (Fsp3) is 0.875. The molecule has 0 bridgehead atoms. The summed E-state index contributed by atoms with van der Waals surface area (Å²) in [6.45, 7) is 12.7. The van der Waals surface area contributed by atoms with Crippen LogP contribution < -0.4 is 5.32 Å². The van der Waals surface area contributed by atoms with Gasteiger partial charge in [-0.2, -0.15) is 0 Å². The van der Waals surface area contributed by atoms with Crippen molar-refractivity contribution in [2.24, 2.45) is 5.92 Å². The molecule has 21 heavy (non-hydrogen) atoms. The number of piperazine rings is 1. The van der Waals surface area contributed by atoms with Crippen LogP contribution in [-0.4, -0.2) is 47.6 Å². The third-order valence-electron chi connectivity index (χ3n) is 4.00. The molecule has 0 saturated carbocycles. The molecule has 1 aliphatic heterocycles. The topological polar surface area (TPSA) is 58.6 Å². The molecule has 1 N–H and O–H groups in total. The van der Waals surface area contributed by atoms with E-state index < -0.39 is 5.54 Å². The Kier molecular flexibility index (Phi) is 6.20. The second-order valence-electron chi connectivity index (χ2n) is 6.74. The van der Waals surface area contributed by atoms with Gasteiger partial charge in [0.1, 0.15) is 11.6 Å². The minimum absolute atomic E-state index is 0.00241. The number of nitrogens with zero attached hydrogens (tertiary/aromatic N) is 1. The minimum Gasteiger partial charge on any atom is -0.377 e. The van der Waals surface area contributed by atoms with Crippen LogP contribution in [0.1, 0.15) is 54.4 Å². The molecule has 5 heteroatoms. The molecule has 1 rings (SSSR count). The molecule has 1 heterocycles. The molecule has 1 fully saturated rings. The predicted octanol–water partition coefficient (Wildman–Crippen LogP) is 1.95. The van der Waals surface area contributed by atoms with Crippen LogP contribution in [0.25, 0.3) is 0 Å². The molecular formula is C16H30N2O3. The van der Waals surface area contributed by atoms with Crippen LogP contribution >= 0.6 is 0 Å². The quantitative estimate of drug-likeness (QED) is 0.781. The van der Waals surface area contributed by atoms with Gasteiger partial charge >= 0.3 is 0 Å². The van der Waals surface area contributed by atoms with Gasteiger partial charge in [-0.1, -0.05) is 20.8 Å². The third kappa shape index (κ3) is 4.43. The highest BCUT2D eigenvalue weighted by molar-refractivity contribution is 5.99. The van der Waals surface area contributed by atoms with Crippen LogP contribution in [0, 0.1) is 5.92 Å². The standard InChI is InChI=1S/C16H30N2O3/c1-7-16(6)15(20)18(8-9-21-12(4)5)13(10-11(2)3)14(19)17-16/h11-13H,7-10H2,1-6H3,(H,17,19). The summed E-state index contributed by atoms with van der Waals surface area (Å²) in [6.07, 6.45) is 1.40. The number of nitrogens with one attached hydrogen (secondary N) is 1. The van der Waals surface area contributed by atoms with Crippen molar-refractivity contribution < 1.29 is 14.3 Å². The van der Waals surface area contributed by atoms with Crippen molar-refractivity contribution in [3.05, 3.63) is 0 Å². The molecule has 2 atom stereocenters. The highest BCUT2D eigenvalue weighted by Gasteiger charge is 2.46. The van der Waals surface area contributed by atoms with E-state index in [4.69, 9.17) is 4.74 Å². The largest absolute Gasteiger partial charge is 0.377 e. The number of hydrogen-bond donors (Lipinski definition) is 1. The highest BCUT2D eigenvalue weighted by atomic mass is 16.5. The maximum atomic E-state index is 12.7. The van der Waals surface area contributed by atoms with Crippen molar-refractivity contribution in [1.82, 2.24) is 10.2 Å². The second kappa shape index (κ2) is 7.25. The number of carbonyl (C=O) groups is 2. The first-order valence-corrected chi connectivity index (χ1v) is 7.96. The normalized spacial score (nSPS) is 26.7. The van der Waals surface area contributed by atoms with E-state index in [2.05, 4.69) is 19.2 Å². The lowest BCUT2D eigenvalue weighted by atomic mass is 9.89. The number of carbonyl (C=O) groups excluding carboxylic acids is 2. The molecule has 0 aromatic heterocycles. The Morgan fingerprint density at radius 3 is 2.38 bits per heavy atom. The average molecular weight is 298 g/mol. The van der Waals surface area contributed by atoms with E-state index in [9.17, 15) is 9.59 Å². The summed E-state index contributed by atoms with van der Waals surface area (Å²) in [5, 5.41) is 2.91. The average Bonchev–Trinajstić information content (AvgIpc) is 2.38. The summed E-state index contributed by atoms with van der Waals surface area (Å²) in [7, 11) is 0. The Hall–Kier alpha value is -1.10. The molecule has 2 amide bonds. The van der Waals surface area contributed by atoms with Gasteiger partial charge in [0.15, 0.2) is 0 Å². The highest BCUT2D eigenvalue weighted by Crippen LogP contribution is 2.24. The summed E-state index contributed by atoms with van der Waals surface area (Å²) in [5.74, 6) is 0.313. The van der Waals surface area contributed by atoms with E-state index in [1.54, 1.807) is 11.8 Å². The maximum Gasteiger partial charge on any atom is 0.248 e. The SMILES string of the molecule is CCC1(C)NC(=O)C(CC(C)C)N(CCOC(C)C)C1=O. The molecule has 1 aliphatic rings. The number of amides is 2. The van der Waals surface area contributed by atoms with Gasteiger partial charge in [0.25, 0.3) is 0 Å². The molecule has 0 aromatic carbocycles. The van der Waals surface area contributed by atoms with Crippen molar-refractivity contribution >= 4 is 11.8 Å². The maximum absolute atomic E-state index is 12.7. The van der Waals surface area contributed by atoms with Crippen LogP contribution in [0.2, 0.25) is 0 Å². The van der Waals surface area contributed by atoms with Crippen LogP contribution in [0.15, 0.2) is 0 Å². The van der Waals surface area contributed by atoms with Crippen molar-refractivity contribution in [3.63, 3.8) is 0 Å². The zero-order valence-electron chi connectivity index (χ0n) is 14.2. The van der Waals surface area contributed by atoms with Gasteiger partial charge in [0.2, 0.25) is 11.8 Å². The van der Waals surface area contributed by atoms with E-state index in [1.807, 2.05) is 20.8 Å². The summed E-state index contributed by atoms with van der Waals surface area (Å²) in [6, 6.07) is -0.382. The van der Waals surface area contributed by atoms with E-state index in [-0.39, 0.29) is 24.0 Å². The first-order valence-electron chi connectivity index (χ1n) is 7.96. The summed E-state index contributed by atoms with van der Waals surface area (Å²) in [4.78, 5) is 26.9. The first kappa shape index (κ1) is 18.0. The Morgan fingerprint density at radius 1 is 1.29 bits per heavy atom. The monoisotopic (exact) mass is 298 g/mol. The fourth-order valence-electron chi connectivity index (χ4n) is 2.57. The van der Waals surface area contributed by atoms with Crippen molar-refractivity contribution in [1.29, 1.82) is 0 Å². The van der Waals surface area contributed by atoms with Gasteiger partial charge in [-0.3, -0.25) is 9.59 Å². The van der Waals surface area contributed by atoms with Gasteiger partial charge in [0.05, 0.1) is 12.7 Å². The fourth-order valence-corrected chi connectivity index (χ4v) is 2.57. The lowest BCUT2D eigenvalue weighted by Crippen LogP contribution is -2.69. The predicted molar refractivity (Wildman–Crippen MR) is 82.9 cm³/mol. The zero-order chi connectivity index (χ0) is 16.2. The molecule has 0 aliphatic carbocycles. The van der Waals surface area contributed by atoms with Crippen LogP contribution in [0.3, 0.4) is 0 Å². The molecule has 1 saturated heterocycles. The number of ether oxygens (including phenoxy) is 1. The van der Waals surface area contributed by atoms with E-state index >= 15 is 0 Å². The van der Waals surface area contributed by atoms with Crippen molar-refractivity contribution in [2.75, 3.05) is 13.2 Å². The third-order valence-corrected chi connectivity index (χ3v) is 4.00. The molecule has 122 valence electrons. The number of rotatable bonds is 7. The molecule has 2 unspecified atom stereocenters. The van der Waals surface area contributed by atoms with Gasteiger partial charge in [-0.05, 0) is 39.5 Å². The van der Waals surface area contributed by atoms with Gasteiger partial charge < -0.3 is 15.0 Å². The van der Waals surface area contributed by atoms with E-state index in [0.717, 1.165) is 0 Å². The molecule has 0 radical (unpaired) electrons. The molecule has 0 spiro atoms. The van der Waals surface area contributed by atoms with E-state index in [0.29, 0.717) is 31.9 Å². The van der Waals surface area contributed by atoms with Crippen LogP contribution in [0.5, 0.6) is 0 Å².